The molecule has 2 rings (SSSR count). The van der Waals surface area contributed by atoms with E-state index in [-0.39, 0.29) is 11.3 Å². The van der Waals surface area contributed by atoms with Gasteiger partial charge in [0.25, 0.3) is 0 Å². The Balaban J connectivity index is 2.71. The average Bonchev–Trinajstić information content (AvgIpc) is 2.12. The molecule has 0 unspecified atom stereocenters. The van der Waals surface area contributed by atoms with Gasteiger partial charge in [0.2, 0.25) is 0 Å². The highest BCUT2D eigenvalue weighted by Gasteiger charge is 2.42. The summed E-state index contributed by atoms with van der Waals surface area (Å²) in [5, 5.41) is 0. The van der Waals surface area contributed by atoms with Crippen molar-refractivity contribution in [1.82, 2.24) is 0 Å². The van der Waals surface area contributed by atoms with E-state index in [4.69, 9.17) is 0 Å². The molecule has 92 valence electrons. The highest BCUT2D eigenvalue weighted by atomic mass is 79.9. The molecule has 9 heteroatoms. The lowest BCUT2D eigenvalue weighted by Gasteiger charge is -2.19. The number of benzene rings is 1. The van der Waals surface area contributed by atoms with Gasteiger partial charge in [-0.15, -0.1) is 4.40 Å². The van der Waals surface area contributed by atoms with Gasteiger partial charge in [0.1, 0.15) is 0 Å². The Labute approximate surface area is 103 Å². The number of alkyl halides is 3. The van der Waals surface area contributed by atoms with E-state index >= 15 is 0 Å². The number of fused-ring (bicyclic) bond motifs is 1. The highest BCUT2D eigenvalue weighted by Crippen LogP contribution is 2.33. The van der Waals surface area contributed by atoms with Crippen molar-refractivity contribution in [3.63, 3.8) is 0 Å². The Bertz CT molecular complexity index is 610. The first-order valence-corrected chi connectivity index (χ1v) is 6.42. The molecule has 1 aromatic carbocycles. The molecule has 0 fully saturated rings. The van der Waals surface area contributed by atoms with Gasteiger partial charge in [0.05, 0.1) is 5.69 Å². The van der Waals surface area contributed by atoms with E-state index in [9.17, 15) is 21.6 Å². The van der Waals surface area contributed by atoms with Gasteiger partial charge in [0.15, 0.2) is 5.71 Å². The molecular weight excluding hydrogens is 325 g/mol. The molecule has 0 saturated carbocycles. The molecule has 0 saturated heterocycles. The fraction of sp³-hybridized carbons (Fsp3) is 0.125. The number of rotatable bonds is 0. The summed E-state index contributed by atoms with van der Waals surface area (Å²) < 4.78 is 65.3. The summed E-state index contributed by atoms with van der Waals surface area (Å²) in [6.45, 7) is 0. The van der Waals surface area contributed by atoms with Crippen molar-refractivity contribution in [2.45, 2.75) is 6.18 Å². The lowest BCUT2D eigenvalue weighted by molar-refractivity contribution is -0.0578. The molecule has 1 aliphatic heterocycles. The first kappa shape index (κ1) is 12.4. The minimum Gasteiger partial charge on any atom is -0.264 e. The molecule has 0 bridgehead atoms. The van der Waals surface area contributed by atoms with E-state index in [2.05, 4.69) is 20.3 Å². The molecule has 4 nitrogen and oxygen atoms in total. The third-order valence-electron chi connectivity index (χ3n) is 1.96. The fourth-order valence-corrected chi connectivity index (χ4v) is 2.64. The molecule has 0 aliphatic carbocycles. The van der Waals surface area contributed by atoms with Crippen LogP contribution in [0.2, 0.25) is 0 Å². The van der Waals surface area contributed by atoms with Crippen LogP contribution in [0.25, 0.3) is 0 Å². The summed E-state index contributed by atoms with van der Waals surface area (Å²) in [5.41, 5.74) is -1.86. The third-order valence-corrected chi connectivity index (χ3v) is 3.35. The van der Waals surface area contributed by atoms with Crippen LogP contribution in [-0.2, 0) is 10.2 Å². The van der Waals surface area contributed by atoms with Crippen molar-refractivity contribution in [1.29, 1.82) is 0 Å². The van der Waals surface area contributed by atoms with Gasteiger partial charge in [-0.3, -0.25) is 4.72 Å². The zero-order valence-corrected chi connectivity index (χ0v) is 10.3. The monoisotopic (exact) mass is 328 g/mol. The summed E-state index contributed by atoms with van der Waals surface area (Å²) in [6.07, 6.45) is -4.82. The molecular formula is C8H4BrF3N2O2S. The molecule has 1 aliphatic rings. The molecule has 0 amide bonds. The maximum atomic E-state index is 12.6. The first-order valence-electron chi connectivity index (χ1n) is 4.19. The van der Waals surface area contributed by atoms with Crippen LogP contribution in [0.3, 0.4) is 0 Å². The molecule has 0 radical (unpaired) electrons. The van der Waals surface area contributed by atoms with Gasteiger partial charge in [-0.1, -0.05) is 15.9 Å². The summed E-state index contributed by atoms with van der Waals surface area (Å²) in [4.78, 5) is 0. The topological polar surface area (TPSA) is 58.5 Å². The van der Waals surface area contributed by atoms with Crippen LogP contribution in [0.4, 0.5) is 18.9 Å². The lowest BCUT2D eigenvalue weighted by atomic mass is 10.1. The highest BCUT2D eigenvalue weighted by molar-refractivity contribution is 9.10. The van der Waals surface area contributed by atoms with Gasteiger partial charge >= 0.3 is 16.4 Å². The normalized spacial score (nSPS) is 18.0. The molecule has 0 spiro atoms. The van der Waals surface area contributed by atoms with E-state index < -0.39 is 22.1 Å². The van der Waals surface area contributed by atoms with Gasteiger partial charge < -0.3 is 0 Å². The fourth-order valence-electron chi connectivity index (χ4n) is 1.34. The summed E-state index contributed by atoms with van der Waals surface area (Å²) in [5.74, 6) is 0. The number of anilines is 1. The van der Waals surface area contributed by atoms with Crippen LogP contribution < -0.4 is 4.72 Å². The predicted molar refractivity (Wildman–Crippen MR) is 59.3 cm³/mol. The largest absolute Gasteiger partial charge is 0.434 e. The number of hydrogen-bond donors (Lipinski definition) is 1. The lowest BCUT2D eigenvalue weighted by Crippen LogP contribution is -2.31. The molecule has 1 aromatic rings. The van der Waals surface area contributed by atoms with E-state index in [1.807, 2.05) is 4.72 Å². The van der Waals surface area contributed by atoms with Gasteiger partial charge in [-0.05, 0) is 18.2 Å². The maximum Gasteiger partial charge on any atom is 0.434 e. The summed E-state index contributed by atoms with van der Waals surface area (Å²) in [7, 11) is -4.35. The summed E-state index contributed by atoms with van der Waals surface area (Å²) >= 11 is 3.04. The van der Waals surface area contributed by atoms with Crippen LogP contribution in [0.1, 0.15) is 5.56 Å². The van der Waals surface area contributed by atoms with Crippen molar-refractivity contribution in [2.24, 2.45) is 4.40 Å². The minimum atomic E-state index is -4.82. The van der Waals surface area contributed by atoms with E-state index in [0.717, 1.165) is 6.07 Å². The van der Waals surface area contributed by atoms with Crippen LogP contribution >= 0.6 is 15.9 Å². The quantitative estimate of drug-likeness (QED) is 0.795. The molecule has 17 heavy (non-hydrogen) atoms. The SMILES string of the molecule is O=S1(=O)N=C(C(F)(F)F)c2ccc(Br)cc2N1. The van der Waals surface area contributed by atoms with E-state index in [1.165, 1.54) is 12.1 Å². The van der Waals surface area contributed by atoms with Crippen molar-refractivity contribution < 1.29 is 21.6 Å². The second-order valence-electron chi connectivity index (χ2n) is 3.20. The van der Waals surface area contributed by atoms with Crippen molar-refractivity contribution >= 4 is 37.5 Å². The zero-order chi connectivity index (χ0) is 12.8. The van der Waals surface area contributed by atoms with Crippen molar-refractivity contribution in [3.8, 4) is 0 Å². The Morgan fingerprint density at radius 1 is 1.29 bits per heavy atom. The Hall–Kier alpha value is -1.09. The Morgan fingerprint density at radius 3 is 2.53 bits per heavy atom. The molecule has 1 N–H and O–H groups in total. The van der Waals surface area contributed by atoms with Crippen LogP contribution in [0.5, 0.6) is 0 Å². The van der Waals surface area contributed by atoms with E-state index in [0.29, 0.717) is 4.47 Å². The smallest absolute Gasteiger partial charge is 0.264 e. The standard InChI is InChI=1S/C8H4BrF3N2O2S/c9-4-1-2-5-6(3-4)13-17(15,16)14-7(5)8(10,11)12/h1-3,13H. The van der Waals surface area contributed by atoms with Crippen LogP contribution in [0.15, 0.2) is 27.1 Å². The van der Waals surface area contributed by atoms with Gasteiger partial charge in [-0.2, -0.15) is 21.6 Å². The number of hydrogen-bond acceptors (Lipinski definition) is 2. The zero-order valence-electron chi connectivity index (χ0n) is 7.92. The van der Waals surface area contributed by atoms with Gasteiger partial charge in [0, 0.05) is 10.0 Å². The summed E-state index contributed by atoms with van der Waals surface area (Å²) in [6, 6.07) is 3.76. The Morgan fingerprint density at radius 2 is 1.94 bits per heavy atom. The predicted octanol–water partition coefficient (Wildman–Crippen LogP) is 2.47. The van der Waals surface area contributed by atoms with Crippen molar-refractivity contribution in [3.05, 3.63) is 28.2 Å². The minimum absolute atomic E-state index is 0.151. The average molecular weight is 329 g/mol. The van der Waals surface area contributed by atoms with Gasteiger partial charge in [-0.25, -0.2) is 0 Å². The third kappa shape index (κ3) is 2.44. The first-order chi connectivity index (χ1) is 7.69. The maximum absolute atomic E-state index is 12.6. The molecule has 0 aromatic heterocycles. The number of nitrogens with one attached hydrogen (secondary N) is 1. The number of nitrogens with zero attached hydrogens (tertiary/aromatic N) is 1. The van der Waals surface area contributed by atoms with Crippen LogP contribution in [0, 0.1) is 0 Å². The second kappa shape index (κ2) is 3.70. The van der Waals surface area contributed by atoms with Crippen LogP contribution in [-0.4, -0.2) is 20.3 Å². The Kier molecular flexibility index (Phi) is 2.69. The van der Waals surface area contributed by atoms with E-state index in [1.54, 1.807) is 0 Å². The molecule has 1 heterocycles. The number of halogens is 4. The second-order valence-corrected chi connectivity index (χ2v) is 5.46. The molecule has 0 atom stereocenters. The van der Waals surface area contributed by atoms with Crippen molar-refractivity contribution in [2.75, 3.05) is 4.72 Å².